The van der Waals surface area contributed by atoms with Gasteiger partial charge in [-0.15, -0.1) is 0 Å². The van der Waals surface area contributed by atoms with E-state index in [0.717, 1.165) is 47.5 Å². The molecule has 1 aromatic carbocycles. The molecule has 0 radical (unpaired) electrons. The molecule has 2 N–H and O–H groups in total. The predicted molar refractivity (Wildman–Crippen MR) is 83.1 cm³/mol. The maximum absolute atomic E-state index is 10.0. The van der Waals surface area contributed by atoms with Crippen LogP contribution in [0.3, 0.4) is 0 Å². The van der Waals surface area contributed by atoms with Crippen molar-refractivity contribution in [2.45, 2.75) is 29.9 Å². The van der Waals surface area contributed by atoms with Gasteiger partial charge in [-0.3, -0.25) is 0 Å². The summed E-state index contributed by atoms with van der Waals surface area (Å²) < 4.78 is 10.9. The minimum atomic E-state index is 0.247. The normalized spacial score (nSPS) is 16.9. The highest BCUT2D eigenvalue weighted by molar-refractivity contribution is 8.08. The average Bonchev–Trinajstić information content (AvgIpc) is 2.79. The van der Waals surface area contributed by atoms with Crippen molar-refractivity contribution in [2.75, 3.05) is 13.2 Å². The summed E-state index contributed by atoms with van der Waals surface area (Å²) in [5.74, 6) is 0.247. The fraction of sp³-hybridized carbons (Fsp3) is 0.429. The Hall–Kier alpha value is -0.820. The lowest BCUT2D eigenvalue weighted by atomic mass is 10.2. The number of benzene rings is 1. The van der Waals surface area contributed by atoms with Crippen LogP contribution in [-0.4, -0.2) is 28.6 Å². The zero-order valence-electron chi connectivity index (χ0n) is 11.2. The maximum atomic E-state index is 10.0. The monoisotopic (exact) mass is 311 g/mol. The van der Waals surface area contributed by atoms with Crippen LogP contribution >= 0.6 is 24.1 Å². The zero-order valence-corrected chi connectivity index (χ0v) is 12.9. The van der Waals surface area contributed by atoms with Crippen molar-refractivity contribution in [3.05, 3.63) is 23.9 Å². The molecule has 20 heavy (non-hydrogen) atoms. The first kappa shape index (κ1) is 14.1. The van der Waals surface area contributed by atoms with E-state index in [4.69, 9.17) is 8.37 Å². The molecule has 1 fully saturated rings. The number of H-pyrrole nitrogens is 1. The molecule has 0 spiro atoms. The van der Waals surface area contributed by atoms with Crippen LogP contribution in [0.1, 0.15) is 18.5 Å². The smallest absolute Gasteiger partial charge is 0.133 e. The molecule has 2 heterocycles. The number of aromatic hydroxyl groups is 1. The molecule has 0 saturated carbocycles. The van der Waals surface area contributed by atoms with E-state index < -0.39 is 0 Å². The molecule has 1 aliphatic rings. The fourth-order valence-electron chi connectivity index (χ4n) is 2.24. The van der Waals surface area contributed by atoms with Crippen molar-refractivity contribution in [3.8, 4) is 5.75 Å². The number of phenols is 1. The third-order valence-corrected chi connectivity index (χ3v) is 5.14. The van der Waals surface area contributed by atoms with Gasteiger partial charge in [-0.25, -0.2) is 3.63 Å². The van der Waals surface area contributed by atoms with E-state index in [1.54, 1.807) is 6.07 Å². The molecular weight excluding hydrogens is 294 g/mol. The van der Waals surface area contributed by atoms with Crippen LogP contribution in [0.15, 0.2) is 23.1 Å². The number of fused-ring (bicyclic) bond motifs is 1. The van der Waals surface area contributed by atoms with E-state index in [1.807, 2.05) is 13.0 Å². The number of phenolic OH excluding ortho intramolecular Hbond substituents is 1. The van der Waals surface area contributed by atoms with Gasteiger partial charge in [0, 0.05) is 65.2 Å². The van der Waals surface area contributed by atoms with Crippen LogP contribution < -0.4 is 0 Å². The van der Waals surface area contributed by atoms with Gasteiger partial charge in [0.05, 0.1) is 4.90 Å². The molecular formula is C14H17NO3S2. The lowest BCUT2D eigenvalue weighted by Crippen LogP contribution is -2.17. The van der Waals surface area contributed by atoms with E-state index in [0.29, 0.717) is 5.25 Å². The lowest BCUT2D eigenvalue weighted by molar-refractivity contribution is 0.0994. The first-order valence-electron chi connectivity index (χ1n) is 6.62. The molecule has 3 rings (SSSR count). The van der Waals surface area contributed by atoms with Gasteiger partial charge in [0.2, 0.25) is 0 Å². The topological polar surface area (TPSA) is 54.5 Å². The van der Waals surface area contributed by atoms with Crippen LogP contribution in [0.4, 0.5) is 0 Å². The molecule has 0 atom stereocenters. The average molecular weight is 311 g/mol. The van der Waals surface area contributed by atoms with Gasteiger partial charge in [0.15, 0.2) is 0 Å². The number of aromatic nitrogens is 1. The van der Waals surface area contributed by atoms with Crippen LogP contribution in [0.25, 0.3) is 10.9 Å². The lowest BCUT2D eigenvalue weighted by Gasteiger charge is -2.19. The Labute approximate surface area is 126 Å². The first-order chi connectivity index (χ1) is 9.72. The van der Waals surface area contributed by atoms with Gasteiger partial charge >= 0.3 is 0 Å². The van der Waals surface area contributed by atoms with Crippen molar-refractivity contribution < 1.29 is 13.5 Å². The molecule has 4 nitrogen and oxygen atoms in total. The van der Waals surface area contributed by atoms with Crippen molar-refractivity contribution in [3.63, 3.8) is 0 Å². The minimum Gasteiger partial charge on any atom is -0.507 e. The van der Waals surface area contributed by atoms with E-state index >= 15 is 0 Å². The number of aryl methyl sites for hydroxylation is 1. The van der Waals surface area contributed by atoms with Crippen LogP contribution in [0.5, 0.6) is 5.75 Å². The Morgan fingerprint density at radius 2 is 2.10 bits per heavy atom. The summed E-state index contributed by atoms with van der Waals surface area (Å²) in [6, 6.07) is 5.75. The zero-order chi connectivity index (χ0) is 13.9. The number of aromatic amines is 1. The standard InChI is InChI=1S/C14H17NO3S2/c1-9-6-10-7-14(13(16)8-12(10)15-9)20-18-19-11-2-4-17-5-3-11/h6-8,11,15-16H,2-5H2,1H3. The highest BCUT2D eigenvalue weighted by atomic mass is 32.2. The molecule has 0 bridgehead atoms. The molecule has 2 aromatic rings. The molecule has 1 aliphatic heterocycles. The van der Waals surface area contributed by atoms with Gasteiger partial charge < -0.3 is 14.8 Å². The Kier molecular flexibility index (Phi) is 4.45. The molecule has 0 unspecified atom stereocenters. The summed E-state index contributed by atoms with van der Waals surface area (Å²) in [6.45, 7) is 3.62. The fourth-order valence-corrected chi connectivity index (χ4v) is 3.84. The Morgan fingerprint density at radius 3 is 2.90 bits per heavy atom. The van der Waals surface area contributed by atoms with Gasteiger partial charge in [-0.1, -0.05) is 0 Å². The highest BCUT2D eigenvalue weighted by Gasteiger charge is 2.16. The van der Waals surface area contributed by atoms with E-state index in [-0.39, 0.29) is 5.75 Å². The predicted octanol–water partition coefficient (Wildman–Crippen LogP) is 4.03. The largest absolute Gasteiger partial charge is 0.507 e. The third-order valence-electron chi connectivity index (χ3n) is 3.30. The van der Waals surface area contributed by atoms with E-state index in [2.05, 4.69) is 11.1 Å². The summed E-state index contributed by atoms with van der Waals surface area (Å²) in [4.78, 5) is 3.95. The van der Waals surface area contributed by atoms with Crippen molar-refractivity contribution in [2.24, 2.45) is 0 Å². The molecule has 0 aliphatic carbocycles. The van der Waals surface area contributed by atoms with Gasteiger partial charge in [0.25, 0.3) is 0 Å². The Bertz CT molecular complexity index is 593. The quantitative estimate of drug-likeness (QED) is 0.835. The van der Waals surface area contributed by atoms with Crippen LogP contribution in [0, 0.1) is 6.92 Å². The minimum absolute atomic E-state index is 0.247. The van der Waals surface area contributed by atoms with Crippen LogP contribution in [-0.2, 0) is 8.37 Å². The summed E-state index contributed by atoms with van der Waals surface area (Å²) in [5, 5.41) is 11.6. The second-order valence-electron chi connectivity index (χ2n) is 4.92. The van der Waals surface area contributed by atoms with Crippen LogP contribution in [0.2, 0.25) is 0 Å². The third kappa shape index (κ3) is 3.25. The molecule has 0 amide bonds. The number of ether oxygens (including phenoxy) is 1. The second kappa shape index (κ2) is 6.30. The highest BCUT2D eigenvalue weighted by Crippen LogP contribution is 2.37. The van der Waals surface area contributed by atoms with Gasteiger partial charge in [-0.05, 0) is 31.9 Å². The molecule has 108 valence electrons. The second-order valence-corrected chi connectivity index (χ2v) is 6.93. The molecule has 1 aromatic heterocycles. The van der Waals surface area contributed by atoms with Crippen molar-refractivity contribution in [1.29, 1.82) is 0 Å². The molecule has 1 saturated heterocycles. The van der Waals surface area contributed by atoms with Crippen molar-refractivity contribution >= 4 is 35.0 Å². The SMILES string of the molecule is Cc1cc2cc(SOSC3CCOCC3)c(O)cc2[nH]1. The van der Waals surface area contributed by atoms with Gasteiger partial charge in [-0.2, -0.15) is 0 Å². The summed E-state index contributed by atoms with van der Waals surface area (Å²) in [5.41, 5.74) is 2.03. The maximum Gasteiger partial charge on any atom is 0.133 e. The van der Waals surface area contributed by atoms with E-state index in [9.17, 15) is 5.11 Å². The van der Waals surface area contributed by atoms with E-state index in [1.165, 1.54) is 24.1 Å². The first-order valence-corrected chi connectivity index (χ1v) is 8.17. The number of rotatable bonds is 4. The number of hydrogen-bond acceptors (Lipinski definition) is 5. The van der Waals surface area contributed by atoms with Crippen molar-refractivity contribution in [1.82, 2.24) is 4.98 Å². The Morgan fingerprint density at radius 1 is 1.30 bits per heavy atom. The number of hydrogen-bond donors (Lipinski definition) is 2. The summed E-state index contributed by atoms with van der Waals surface area (Å²) >= 11 is 2.70. The van der Waals surface area contributed by atoms with Gasteiger partial charge in [0.1, 0.15) is 5.75 Å². The number of nitrogens with one attached hydrogen (secondary N) is 1. The molecule has 6 heteroatoms. The summed E-state index contributed by atoms with van der Waals surface area (Å²) in [7, 11) is 0. The Balaban J connectivity index is 1.62. The summed E-state index contributed by atoms with van der Waals surface area (Å²) in [6.07, 6.45) is 2.04.